The molecule has 0 aliphatic carbocycles. The van der Waals surface area contributed by atoms with Crippen molar-refractivity contribution in [3.05, 3.63) is 88.1 Å². The Morgan fingerprint density at radius 1 is 0.848 bits per heavy atom. The number of rotatable bonds is 6. The summed E-state index contributed by atoms with van der Waals surface area (Å²) < 4.78 is 10.7. The van der Waals surface area contributed by atoms with Crippen molar-refractivity contribution in [1.82, 2.24) is 0 Å². The van der Waals surface area contributed by atoms with Crippen LogP contribution in [0.4, 0.5) is 11.4 Å². The molecule has 0 spiro atoms. The number of halogens is 1. The fourth-order valence-electron chi connectivity index (χ4n) is 3.70. The van der Waals surface area contributed by atoms with E-state index in [0.29, 0.717) is 33.5 Å². The van der Waals surface area contributed by atoms with Crippen LogP contribution in [-0.4, -0.2) is 26.0 Å². The zero-order chi connectivity index (χ0) is 23.7. The molecule has 33 heavy (non-hydrogen) atoms. The molecule has 3 aromatic carbocycles. The fraction of sp³-hybridized carbons (Fsp3) is 0.154. The minimum absolute atomic E-state index is 0.145. The lowest BCUT2D eigenvalue weighted by molar-refractivity contribution is -0.120. The molecular weight excluding hydrogens is 440 g/mol. The van der Waals surface area contributed by atoms with Gasteiger partial charge in [-0.3, -0.25) is 9.59 Å². The third-order valence-electron chi connectivity index (χ3n) is 5.64. The summed E-state index contributed by atoms with van der Waals surface area (Å²) in [6.07, 6.45) is 0. The number of nitrogens with one attached hydrogen (secondary N) is 1. The Morgan fingerprint density at radius 2 is 1.61 bits per heavy atom. The normalized spacial score (nSPS) is 13.5. The zero-order valence-corrected chi connectivity index (χ0v) is 19.5. The Bertz CT molecular complexity index is 1300. The van der Waals surface area contributed by atoms with E-state index in [2.05, 4.69) is 5.32 Å². The summed E-state index contributed by atoms with van der Waals surface area (Å²) in [4.78, 5) is 28.3. The van der Waals surface area contributed by atoms with Crippen molar-refractivity contribution in [3.8, 4) is 11.5 Å². The first-order chi connectivity index (χ1) is 15.8. The average molecular weight is 463 g/mol. The molecule has 0 atom stereocenters. The summed E-state index contributed by atoms with van der Waals surface area (Å²) in [6.45, 7) is 3.96. The predicted molar refractivity (Wildman–Crippen MR) is 130 cm³/mol. The first-order valence-electron chi connectivity index (χ1n) is 10.3. The maximum Gasteiger partial charge on any atom is 0.282 e. The van der Waals surface area contributed by atoms with Gasteiger partial charge in [0, 0.05) is 6.07 Å². The summed E-state index contributed by atoms with van der Waals surface area (Å²) in [5, 5.41) is 3.45. The lowest BCUT2D eigenvalue weighted by Gasteiger charge is -2.17. The predicted octanol–water partition coefficient (Wildman–Crippen LogP) is 5.37. The summed E-state index contributed by atoms with van der Waals surface area (Å²) in [5.74, 6) is 0.121. The van der Waals surface area contributed by atoms with Gasteiger partial charge in [0.2, 0.25) is 0 Å². The van der Waals surface area contributed by atoms with Gasteiger partial charge in [0.15, 0.2) is 0 Å². The Balaban J connectivity index is 1.87. The summed E-state index contributed by atoms with van der Waals surface area (Å²) in [7, 11) is 3.08. The van der Waals surface area contributed by atoms with Crippen LogP contribution < -0.4 is 19.7 Å². The van der Waals surface area contributed by atoms with Crippen molar-refractivity contribution in [2.75, 3.05) is 24.4 Å². The Kier molecular flexibility index (Phi) is 6.11. The van der Waals surface area contributed by atoms with E-state index in [9.17, 15) is 9.59 Å². The number of nitrogens with zero attached hydrogens (tertiary/aromatic N) is 1. The molecule has 6 nitrogen and oxygen atoms in total. The Labute approximate surface area is 197 Å². The molecule has 1 heterocycles. The standard InChI is InChI=1S/C26H23ClN2O4/c1-15-9-10-17(13-16(15)2)23-24(28-20-12-11-18(32-3)14-22(20)33-4)26(31)29(25(23)30)21-8-6-5-7-19(21)27/h5-14,28H,1-4H3. The van der Waals surface area contributed by atoms with Crippen molar-refractivity contribution >= 4 is 40.4 Å². The number of hydrogen-bond acceptors (Lipinski definition) is 5. The smallest absolute Gasteiger partial charge is 0.282 e. The molecule has 0 saturated heterocycles. The number of aryl methyl sites for hydroxylation is 2. The quantitative estimate of drug-likeness (QED) is 0.499. The van der Waals surface area contributed by atoms with Crippen molar-refractivity contribution in [1.29, 1.82) is 0 Å². The molecule has 2 amide bonds. The maximum absolute atomic E-state index is 13.6. The largest absolute Gasteiger partial charge is 0.497 e. The van der Waals surface area contributed by atoms with Gasteiger partial charge in [-0.05, 0) is 54.8 Å². The molecule has 0 unspecified atom stereocenters. The molecule has 1 N–H and O–H groups in total. The topological polar surface area (TPSA) is 67.9 Å². The van der Waals surface area contributed by atoms with Gasteiger partial charge in [0.25, 0.3) is 11.8 Å². The van der Waals surface area contributed by atoms with Gasteiger partial charge in [-0.1, -0.05) is 41.9 Å². The van der Waals surface area contributed by atoms with Gasteiger partial charge in [-0.25, -0.2) is 4.90 Å². The second kappa shape index (κ2) is 9.00. The number of para-hydroxylation sites is 1. The van der Waals surface area contributed by atoms with Crippen LogP contribution in [-0.2, 0) is 9.59 Å². The maximum atomic E-state index is 13.6. The molecule has 168 valence electrons. The lowest BCUT2D eigenvalue weighted by atomic mass is 9.99. The number of carbonyl (C=O) groups is 2. The van der Waals surface area contributed by atoms with Gasteiger partial charge < -0.3 is 14.8 Å². The molecule has 1 aliphatic rings. The van der Waals surface area contributed by atoms with Crippen molar-refractivity contribution in [2.45, 2.75) is 13.8 Å². The van der Waals surface area contributed by atoms with Gasteiger partial charge in [0.1, 0.15) is 17.2 Å². The van der Waals surface area contributed by atoms with E-state index in [-0.39, 0.29) is 11.3 Å². The van der Waals surface area contributed by atoms with Crippen LogP contribution in [0, 0.1) is 13.8 Å². The number of imide groups is 1. The fourth-order valence-corrected chi connectivity index (χ4v) is 3.92. The van der Waals surface area contributed by atoms with Crippen molar-refractivity contribution in [3.63, 3.8) is 0 Å². The highest BCUT2D eigenvalue weighted by Gasteiger charge is 2.41. The minimum atomic E-state index is -0.501. The Morgan fingerprint density at radius 3 is 2.27 bits per heavy atom. The summed E-state index contributed by atoms with van der Waals surface area (Å²) in [5.41, 5.74) is 4.00. The number of methoxy groups -OCH3 is 2. The number of anilines is 2. The van der Waals surface area contributed by atoms with Gasteiger partial charge >= 0.3 is 0 Å². The van der Waals surface area contributed by atoms with Crippen LogP contribution in [0.5, 0.6) is 11.5 Å². The molecule has 4 rings (SSSR count). The van der Waals surface area contributed by atoms with Crippen molar-refractivity contribution < 1.29 is 19.1 Å². The highest BCUT2D eigenvalue weighted by Crippen LogP contribution is 2.38. The summed E-state index contributed by atoms with van der Waals surface area (Å²) in [6, 6.07) is 17.6. The number of hydrogen-bond donors (Lipinski definition) is 1. The van der Waals surface area contributed by atoms with Crippen LogP contribution in [0.1, 0.15) is 16.7 Å². The molecule has 0 bridgehead atoms. The highest BCUT2D eigenvalue weighted by atomic mass is 35.5. The number of benzene rings is 3. The number of carbonyl (C=O) groups excluding carboxylic acids is 2. The van der Waals surface area contributed by atoms with Crippen LogP contribution in [0.15, 0.2) is 66.4 Å². The molecular formula is C26H23ClN2O4. The molecule has 0 fully saturated rings. The number of ether oxygens (including phenoxy) is 2. The second-order valence-corrected chi connectivity index (χ2v) is 8.04. The second-order valence-electron chi connectivity index (χ2n) is 7.64. The molecule has 0 aromatic heterocycles. The molecule has 3 aromatic rings. The molecule has 0 radical (unpaired) electrons. The molecule has 1 aliphatic heterocycles. The van der Waals surface area contributed by atoms with Crippen LogP contribution in [0.25, 0.3) is 5.57 Å². The minimum Gasteiger partial charge on any atom is -0.497 e. The van der Waals surface area contributed by atoms with E-state index in [1.807, 2.05) is 32.0 Å². The van der Waals surface area contributed by atoms with Crippen LogP contribution in [0.3, 0.4) is 0 Å². The zero-order valence-electron chi connectivity index (χ0n) is 18.7. The summed E-state index contributed by atoms with van der Waals surface area (Å²) >= 11 is 6.34. The lowest BCUT2D eigenvalue weighted by Crippen LogP contribution is -2.32. The van der Waals surface area contributed by atoms with E-state index < -0.39 is 11.8 Å². The van der Waals surface area contributed by atoms with E-state index in [0.717, 1.165) is 16.0 Å². The number of amides is 2. The van der Waals surface area contributed by atoms with Crippen LogP contribution in [0.2, 0.25) is 5.02 Å². The SMILES string of the molecule is COc1ccc(NC2=C(c3ccc(C)c(C)c3)C(=O)N(c3ccccc3Cl)C2=O)c(OC)c1. The van der Waals surface area contributed by atoms with E-state index >= 15 is 0 Å². The molecule has 0 saturated carbocycles. The highest BCUT2D eigenvalue weighted by molar-refractivity contribution is 6.48. The van der Waals surface area contributed by atoms with Gasteiger partial charge in [-0.15, -0.1) is 0 Å². The van der Waals surface area contributed by atoms with Gasteiger partial charge in [-0.2, -0.15) is 0 Å². The average Bonchev–Trinajstić information content (AvgIpc) is 3.05. The van der Waals surface area contributed by atoms with E-state index in [4.69, 9.17) is 21.1 Å². The van der Waals surface area contributed by atoms with Gasteiger partial charge in [0.05, 0.1) is 36.2 Å². The van der Waals surface area contributed by atoms with Crippen molar-refractivity contribution in [2.24, 2.45) is 0 Å². The monoisotopic (exact) mass is 462 g/mol. The van der Waals surface area contributed by atoms with E-state index in [1.54, 1.807) is 49.6 Å². The third-order valence-corrected chi connectivity index (χ3v) is 5.96. The first kappa shape index (κ1) is 22.4. The molecule has 7 heteroatoms. The third kappa shape index (κ3) is 4.05. The Hall–Kier alpha value is -3.77. The van der Waals surface area contributed by atoms with Crippen LogP contribution >= 0.6 is 11.6 Å². The van der Waals surface area contributed by atoms with E-state index in [1.165, 1.54) is 7.11 Å². The first-order valence-corrected chi connectivity index (χ1v) is 10.7.